The molecule has 0 aliphatic heterocycles. The minimum Gasteiger partial charge on any atom is -0.480 e. The van der Waals surface area contributed by atoms with Crippen molar-refractivity contribution < 1.29 is 14.3 Å². The molecule has 0 saturated heterocycles. The van der Waals surface area contributed by atoms with Crippen molar-refractivity contribution in [2.75, 3.05) is 0 Å². The van der Waals surface area contributed by atoms with Crippen LogP contribution in [0.15, 0.2) is 60.7 Å². The van der Waals surface area contributed by atoms with Gasteiger partial charge in [-0.25, -0.2) is 0 Å². The average Bonchev–Trinajstić information content (AvgIpc) is 2.59. The highest BCUT2D eigenvalue weighted by atomic mass is 28.4. The Labute approximate surface area is 157 Å². The number of hydrogen-bond acceptors (Lipinski definition) is 3. The van der Waals surface area contributed by atoms with Crippen LogP contribution < -0.4 is 16.1 Å². The van der Waals surface area contributed by atoms with Crippen molar-refractivity contribution in [2.24, 2.45) is 5.73 Å². The van der Waals surface area contributed by atoms with Crippen molar-refractivity contribution in [3.8, 4) is 0 Å². The molecule has 0 spiro atoms. The summed E-state index contributed by atoms with van der Waals surface area (Å²) >= 11 is 0. The number of benzene rings is 2. The third-order valence-corrected chi connectivity index (χ3v) is 10.2. The van der Waals surface area contributed by atoms with E-state index in [9.17, 15) is 9.90 Å². The Morgan fingerprint density at radius 3 is 1.65 bits per heavy atom. The summed E-state index contributed by atoms with van der Waals surface area (Å²) in [6.45, 7) is 9.73. The van der Waals surface area contributed by atoms with Gasteiger partial charge >= 0.3 is 5.97 Å². The fraction of sp³-hybridized carbons (Fsp3) is 0.381. The van der Waals surface area contributed by atoms with Gasteiger partial charge in [0.2, 0.25) is 0 Å². The van der Waals surface area contributed by atoms with Gasteiger partial charge in [0.25, 0.3) is 8.32 Å². The summed E-state index contributed by atoms with van der Waals surface area (Å²) in [6, 6.07) is 20.2. The lowest BCUT2D eigenvalue weighted by molar-refractivity contribution is -0.146. The zero-order valence-electron chi connectivity index (χ0n) is 16.2. The fourth-order valence-electron chi connectivity index (χ4n) is 3.25. The van der Waals surface area contributed by atoms with Crippen LogP contribution in [0.2, 0.25) is 5.04 Å². The molecule has 140 valence electrons. The molecule has 0 fully saturated rings. The van der Waals surface area contributed by atoms with Crippen molar-refractivity contribution >= 4 is 24.7 Å². The number of carboxylic acid groups (broad SMARTS) is 1. The molecule has 0 aliphatic carbocycles. The average molecular weight is 372 g/mol. The van der Waals surface area contributed by atoms with E-state index in [1.54, 1.807) is 6.92 Å². The third kappa shape index (κ3) is 3.61. The third-order valence-electron chi connectivity index (χ3n) is 5.08. The maximum absolute atomic E-state index is 11.7. The zero-order chi connectivity index (χ0) is 19.6. The zero-order valence-corrected chi connectivity index (χ0v) is 17.2. The SMILES string of the molecule is C[C@H](O[Si](c1ccccc1)(c1ccccc1)C(C)(C)C)[C@](C)(N)C(=O)O. The summed E-state index contributed by atoms with van der Waals surface area (Å²) in [4.78, 5) is 11.7. The van der Waals surface area contributed by atoms with Crippen molar-refractivity contribution in [2.45, 2.75) is 51.3 Å². The normalized spacial score (nSPS) is 15.9. The van der Waals surface area contributed by atoms with Crippen molar-refractivity contribution in [3.05, 3.63) is 60.7 Å². The number of nitrogens with two attached hydrogens (primary N) is 1. The molecule has 2 rings (SSSR count). The number of rotatable bonds is 6. The maximum atomic E-state index is 11.7. The summed E-state index contributed by atoms with van der Waals surface area (Å²) < 4.78 is 6.73. The van der Waals surface area contributed by atoms with Crippen LogP contribution >= 0.6 is 0 Å². The summed E-state index contributed by atoms with van der Waals surface area (Å²) in [5, 5.41) is 11.5. The van der Waals surface area contributed by atoms with Gasteiger partial charge in [-0.15, -0.1) is 0 Å². The van der Waals surface area contributed by atoms with E-state index in [-0.39, 0.29) is 5.04 Å². The van der Waals surface area contributed by atoms with E-state index in [0.29, 0.717) is 0 Å². The van der Waals surface area contributed by atoms with Gasteiger partial charge in [-0.2, -0.15) is 0 Å². The lowest BCUT2D eigenvalue weighted by Crippen LogP contribution is -2.70. The lowest BCUT2D eigenvalue weighted by atomic mass is 9.98. The van der Waals surface area contributed by atoms with Crippen LogP contribution in [0.3, 0.4) is 0 Å². The second-order valence-corrected chi connectivity index (χ2v) is 12.3. The number of carboxylic acids is 1. The van der Waals surface area contributed by atoms with Gasteiger partial charge < -0.3 is 15.3 Å². The van der Waals surface area contributed by atoms with Crippen LogP contribution in [0.5, 0.6) is 0 Å². The first kappa shape index (κ1) is 20.4. The molecule has 0 aromatic heterocycles. The molecule has 2 aromatic carbocycles. The first-order valence-corrected chi connectivity index (χ1v) is 10.8. The molecule has 0 radical (unpaired) electrons. The van der Waals surface area contributed by atoms with E-state index in [2.05, 4.69) is 45.0 Å². The van der Waals surface area contributed by atoms with Crippen LogP contribution in [0, 0.1) is 0 Å². The van der Waals surface area contributed by atoms with Gasteiger partial charge in [0.1, 0.15) is 5.54 Å². The van der Waals surface area contributed by atoms with E-state index < -0.39 is 25.9 Å². The van der Waals surface area contributed by atoms with E-state index in [0.717, 1.165) is 10.4 Å². The molecule has 0 heterocycles. The second-order valence-electron chi connectivity index (χ2n) is 8.01. The molecule has 0 unspecified atom stereocenters. The maximum Gasteiger partial charge on any atom is 0.326 e. The van der Waals surface area contributed by atoms with Crippen molar-refractivity contribution in [1.29, 1.82) is 0 Å². The van der Waals surface area contributed by atoms with Crippen LogP contribution in [-0.4, -0.2) is 31.0 Å². The Morgan fingerprint density at radius 1 is 0.962 bits per heavy atom. The minimum atomic E-state index is -2.81. The Hall–Kier alpha value is -1.95. The summed E-state index contributed by atoms with van der Waals surface area (Å²) in [5.41, 5.74) is 4.63. The quantitative estimate of drug-likeness (QED) is 0.766. The highest BCUT2D eigenvalue weighted by Gasteiger charge is 2.53. The predicted molar refractivity (Wildman–Crippen MR) is 108 cm³/mol. The highest BCUT2D eigenvalue weighted by molar-refractivity contribution is 6.99. The minimum absolute atomic E-state index is 0.224. The van der Waals surface area contributed by atoms with E-state index in [1.807, 2.05) is 36.4 Å². The van der Waals surface area contributed by atoms with Crippen LogP contribution in [0.25, 0.3) is 0 Å². The summed E-state index contributed by atoms with van der Waals surface area (Å²) in [5.74, 6) is -1.07. The monoisotopic (exact) mass is 371 g/mol. The highest BCUT2D eigenvalue weighted by Crippen LogP contribution is 2.38. The number of carbonyl (C=O) groups is 1. The predicted octanol–water partition coefficient (Wildman–Crippen LogP) is 2.75. The molecule has 26 heavy (non-hydrogen) atoms. The van der Waals surface area contributed by atoms with E-state index in [1.165, 1.54) is 6.92 Å². The van der Waals surface area contributed by atoms with Gasteiger partial charge in [-0.1, -0.05) is 81.4 Å². The van der Waals surface area contributed by atoms with Crippen molar-refractivity contribution in [1.82, 2.24) is 0 Å². The summed E-state index contributed by atoms with van der Waals surface area (Å²) in [7, 11) is -2.81. The molecule has 3 N–H and O–H groups in total. The van der Waals surface area contributed by atoms with Crippen molar-refractivity contribution in [3.63, 3.8) is 0 Å². The largest absolute Gasteiger partial charge is 0.480 e. The van der Waals surface area contributed by atoms with Gasteiger partial charge in [-0.05, 0) is 29.3 Å². The molecule has 0 saturated carbocycles. The van der Waals surface area contributed by atoms with Gasteiger partial charge in [0.05, 0.1) is 6.10 Å². The number of aliphatic carboxylic acids is 1. The molecule has 2 aromatic rings. The molecule has 0 amide bonds. The Morgan fingerprint density at radius 2 is 1.35 bits per heavy atom. The molecule has 0 bridgehead atoms. The standard InChI is InChI=1S/C21H29NO3Si/c1-16(21(5,22)19(23)24)25-26(20(2,3)4,17-12-8-6-9-13-17)18-14-10-7-11-15-18/h6-16H,22H2,1-5H3,(H,23,24)/t16-,21-/m0/s1. The molecule has 0 aliphatic rings. The Bertz CT molecular complexity index is 699. The molecule has 5 heteroatoms. The van der Waals surface area contributed by atoms with Crippen LogP contribution in [-0.2, 0) is 9.22 Å². The Balaban J connectivity index is 2.71. The first-order chi connectivity index (χ1) is 12.0. The van der Waals surface area contributed by atoms with Crippen LogP contribution in [0.4, 0.5) is 0 Å². The number of hydrogen-bond donors (Lipinski definition) is 2. The van der Waals surface area contributed by atoms with Crippen LogP contribution in [0.1, 0.15) is 34.6 Å². The van der Waals surface area contributed by atoms with E-state index >= 15 is 0 Å². The molecular weight excluding hydrogens is 342 g/mol. The van der Waals surface area contributed by atoms with E-state index in [4.69, 9.17) is 10.2 Å². The van der Waals surface area contributed by atoms with Gasteiger partial charge in [0, 0.05) is 0 Å². The molecule has 2 atom stereocenters. The molecular formula is C21H29NO3Si. The fourth-order valence-corrected chi connectivity index (χ4v) is 8.04. The topological polar surface area (TPSA) is 72.5 Å². The second kappa shape index (κ2) is 7.35. The first-order valence-electron chi connectivity index (χ1n) is 8.84. The lowest BCUT2D eigenvalue weighted by Gasteiger charge is -2.46. The van der Waals surface area contributed by atoms with Gasteiger partial charge in [0.15, 0.2) is 0 Å². The summed E-state index contributed by atoms with van der Waals surface area (Å²) in [6.07, 6.45) is -0.661. The Kier molecular flexibility index (Phi) is 5.75. The molecule has 4 nitrogen and oxygen atoms in total. The van der Waals surface area contributed by atoms with Gasteiger partial charge in [-0.3, -0.25) is 4.79 Å². The smallest absolute Gasteiger partial charge is 0.326 e.